The third kappa shape index (κ3) is 1.90. The van der Waals surface area contributed by atoms with Crippen molar-refractivity contribution in [2.24, 2.45) is 0 Å². The van der Waals surface area contributed by atoms with Gasteiger partial charge in [-0.05, 0) is 32.3 Å². The molecule has 102 valence electrons. The molecule has 19 heavy (non-hydrogen) atoms. The zero-order valence-electron chi connectivity index (χ0n) is 11.7. The van der Waals surface area contributed by atoms with Crippen LogP contribution in [0.5, 0.6) is 5.88 Å². The zero-order valence-corrected chi connectivity index (χ0v) is 11.7. The van der Waals surface area contributed by atoms with Crippen LogP contribution < -0.4 is 0 Å². The summed E-state index contributed by atoms with van der Waals surface area (Å²) < 4.78 is 2.28. The summed E-state index contributed by atoms with van der Waals surface area (Å²) in [7, 11) is 0. The van der Waals surface area contributed by atoms with E-state index in [1.54, 1.807) is 6.07 Å². The van der Waals surface area contributed by atoms with Gasteiger partial charge in [-0.3, -0.25) is 0 Å². The quantitative estimate of drug-likeness (QED) is 0.897. The Bertz CT molecular complexity index is 597. The van der Waals surface area contributed by atoms with Crippen molar-refractivity contribution >= 4 is 11.2 Å². The molecule has 2 aromatic rings. The molecule has 2 aromatic heterocycles. The maximum Gasteiger partial charge on any atom is 0.212 e. The van der Waals surface area contributed by atoms with Gasteiger partial charge in [0, 0.05) is 11.6 Å². The second-order valence-electron chi connectivity index (χ2n) is 5.65. The maximum absolute atomic E-state index is 9.67. The molecule has 1 aliphatic carbocycles. The van der Waals surface area contributed by atoms with Crippen LogP contribution in [-0.4, -0.2) is 19.6 Å². The summed E-state index contributed by atoms with van der Waals surface area (Å²) in [4.78, 5) is 8.93. The van der Waals surface area contributed by atoms with Crippen molar-refractivity contribution in [1.82, 2.24) is 14.5 Å². The van der Waals surface area contributed by atoms with Crippen LogP contribution >= 0.6 is 0 Å². The van der Waals surface area contributed by atoms with Gasteiger partial charge in [0.15, 0.2) is 5.65 Å². The molecule has 1 saturated carbocycles. The number of aryl methyl sites for hydroxylation is 1. The fourth-order valence-corrected chi connectivity index (χ4v) is 3.57. The Kier molecular flexibility index (Phi) is 2.96. The number of pyridine rings is 1. The van der Waals surface area contributed by atoms with Crippen LogP contribution in [0, 0.1) is 6.92 Å². The number of aromatic nitrogens is 3. The molecule has 0 spiro atoms. The summed E-state index contributed by atoms with van der Waals surface area (Å²) >= 11 is 0. The highest BCUT2D eigenvalue weighted by Gasteiger charge is 2.34. The molecule has 0 amide bonds. The predicted molar refractivity (Wildman–Crippen MR) is 75.3 cm³/mol. The normalized spacial score (nSPS) is 18.8. The number of hydrogen-bond acceptors (Lipinski definition) is 3. The van der Waals surface area contributed by atoms with Crippen molar-refractivity contribution in [3.63, 3.8) is 0 Å². The van der Waals surface area contributed by atoms with Crippen LogP contribution in [0.4, 0.5) is 0 Å². The Morgan fingerprint density at radius 3 is 2.63 bits per heavy atom. The number of aromatic hydroxyl groups is 1. The smallest absolute Gasteiger partial charge is 0.212 e. The van der Waals surface area contributed by atoms with E-state index in [2.05, 4.69) is 21.5 Å². The number of fused-ring (bicyclic) bond motifs is 1. The molecule has 1 N–H and O–H groups in total. The highest BCUT2D eigenvalue weighted by atomic mass is 16.3. The van der Waals surface area contributed by atoms with Gasteiger partial charge in [-0.2, -0.15) is 4.98 Å². The van der Waals surface area contributed by atoms with E-state index < -0.39 is 0 Å². The average molecular weight is 259 g/mol. The fourth-order valence-electron chi connectivity index (χ4n) is 3.57. The standard InChI is InChI=1S/C15H21N3O/c1-3-15(9-5-4-6-10-15)18-11(2)16-12-7-8-13(19)17-14(12)18/h7-8H,3-6,9-10H2,1-2H3,(H,17,19). The lowest BCUT2D eigenvalue weighted by Crippen LogP contribution is -2.36. The Morgan fingerprint density at radius 2 is 1.95 bits per heavy atom. The Hall–Kier alpha value is -1.58. The van der Waals surface area contributed by atoms with Crippen LogP contribution in [0.1, 0.15) is 51.3 Å². The van der Waals surface area contributed by atoms with Gasteiger partial charge < -0.3 is 9.67 Å². The number of imidazole rings is 1. The molecular weight excluding hydrogens is 238 g/mol. The maximum atomic E-state index is 9.67. The first-order valence-corrected chi connectivity index (χ1v) is 7.22. The highest BCUT2D eigenvalue weighted by molar-refractivity contribution is 5.72. The van der Waals surface area contributed by atoms with Crippen molar-refractivity contribution in [3.8, 4) is 5.88 Å². The largest absolute Gasteiger partial charge is 0.493 e. The summed E-state index contributed by atoms with van der Waals surface area (Å²) in [6.07, 6.45) is 7.33. The van der Waals surface area contributed by atoms with E-state index in [9.17, 15) is 5.11 Å². The molecule has 0 unspecified atom stereocenters. The highest BCUT2D eigenvalue weighted by Crippen LogP contribution is 2.40. The number of nitrogens with zero attached hydrogens (tertiary/aromatic N) is 3. The minimum atomic E-state index is 0.0794. The molecular formula is C15H21N3O. The molecule has 0 saturated heterocycles. The molecule has 0 bridgehead atoms. The van der Waals surface area contributed by atoms with E-state index in [1.165, 1.54) is 32.1 Å². The summed E-state index contributed by atoms with van der Waals surface area (Å²) in [6.45, 7) is 4.30. The second kappa shape index (κ2) is 4.51. The predicted octanol–water partition coefficient (Wildman–Crippen LogP) is 3.51. The van der Waals surface area contributed by atoms with Crippen LogP contribution in [0.15, 0.2) is 12.1 Å². The molecule has 0 aliphatic heterocycles. The lowest BCUT2D eigenvalue weighted by atomic mass is 9.79. The Morgan fingerprint density at radius 1 is 1.21 bits per heavy atom. The van der Waals surface area contributed by atoms with Crippen molar-refractivity contribution < 1.29 is 5.11 Å². The van der Waals surface area contributed by atoms with E-state index in [1.807, 2.05) is 13.0 Å². The Balaban J connectivity index is 2.22. The van der Waals surface area contributed by atoms with Crippen LogP contribution in [0.25, 0.3) is 11.2 Å². The zero-order chi connectivity index (χ0) is 13.5. The average Bonchev–Trinajstić information content (AvgIpc) is 2.75. The molecule has 0 radical (unpaired) electrons. The lowest BCUT2D eigenvalue weighted by molar-refractivity contribution is 0.187. The van der Waals surface area contributed by atoms with E-state index in [0.29, 0.717) is 0 Å². The topological polar surface area (TPSA) is 50.9 Å². The summed E-state index contributed by atoms with van der Waals surface area (Å²) in [5, 5.41) is 9.67. The Labute approximate surface area is 113 Å². The molecule has 3 rings (SSSR count). The van der Waals surface area contributed by atoms with E-state index >= 15 is 0 Å². The molecule has 4 nitrogen and oxygen atoms in total. The van der Waals surface area contributed by atoms with E-state index in [4.69, 9.17) is 0 Å². The van der Waals surface area contributed by atoms with Crippen molar-refractivity contribution in [1.29, 1.82) is 0 Å². The molecule has 1 fully saturated rings. The van der Waals surface area contributed by atoms with Gasteiger partial charge in [-0.1, -0.05) is 26.2 Å². The van der Waals surface area contributed by atoms with Crippen LogP contribution in [0.2, 0.25) is 0 Å². The first kappa shape index (κ1) is 12.5. The van der Waals surface area contributed by atoms with Gasteiger partial charge in [-0.15, -0.1) is 0 Å². The number of rotatable bonds is 2. The summed E-state index contributed by atoms with van der Waals surface area (Å²) in [5.41, 5.74) is 1.85. The van der Waals surface area contributed by atoms with E-state index in [0.717, 1.165) is 23.4 Å². The summed E-state index contributed by atoms with van der Waals surface area (Å²) in [5.74, 6) is 1.09. The van der Waals surface area contributed by atoms with Gasteiger partial charge in [0.05, 0.1) is 0 Å². The molecule has 0 aromatic carbocycles. The number of hydrogen-bond donors (Lipinski definition) is 1. The van der Waals surface area contributed by atoms with Crippen molar-refractivity contribution in [3.05, 3.63) is 18.0 Å². The second-order valence-corrected chi connectivity index (χ2v) is 5.65. The van der Waals surface area contributed by atoms with Gasteiger partial charge >= 0.3 is 0 Å². The van der Waals surface area contributed by atoms with Gasteiger partial charge in [0.2, 0.25) is 5.88 Å². The van der Waals surface area contributed by atoms with Gasteiger partial charge in [0.25, 0.3) is 0 Å². The van der Waals surface area contributed by atoms with Gasteiger partial charge in [0.1, 0.15) is 11.3 Å². The molecule has 1 aliphatic rings. The third-order valence-electron chi connectivity index (χ3n) is 4.57. The lowest BCUT2D eigenvalue weighted by Gasteiger charge is -2.39. The first-order chi connectivity index (χ1) is 9.16. The fraction of sp³-hybridized carbons (Fsp3) is 0.600. The molecule has 0 atom stereocenters. The molecule has 4 heteroatoms. The summed E-state index contributed by atoms with van der Waals surface area (Å²) in [6, 6.07) is 3.46. The van der Waals surface area contributed by atoms with Crippen molar-refractivity contribution in [2.75, 3.05) is 0 Å². The van der Waals surface area contributed by atoms with Gasteiger partial charge in [-0.25, -0.2) is 4.98 Å². The first-order valence-electron chi connectivity index (χ1n) is 7.22. The van der Waals surface area contributed by atoms with Crippen LogP contribution in [0.3, 0.4) is 0 Å². The van der Waals surface area contributed by atoms with Crippen molar-refractivity contribution in [2.45, 2.75) is 57.9 Å². The minimum Gasteiger partial charge on any atom is -0.493 e. The molecule has 2 heterocycles. The van der Waals surface area contributed by atoms with E-state index in [-0.39, 0.29) is 11.4 Å². The SMILES string of the molecule is CCC1(n2c(C)nc3ccc(O)nc32)CCCCC1. The van der Waals surface area contributed by atoms with Crippen LogP contribution in [-0.2, 0) is 5.54 Å². The third-order valence-corrected chi connectivity index (χ3v) is 4.57. The minimum absolute atomic E-state index is 0.0794. The monoisotopic (exact) mass is 259 g/mol.